The lowest BCUT2D eigenvalue weighted by Gasteiger charge is -2.16. The van der Waals surface area contributed by atoms with Crippen LogP contribution in [0.1, 0.15) is 22.6 Å². The van der Waals surface area contributed by atoms with Crippen molar-refractivity contribution in [2.75, 3.05) is 18.6 Å². The van der Waals surface area contributed by atoms with Gasteiger partial charge in [0.2, 0.25) is 10.9 Å². The number of benzene rings is 1. The van der Waals surface area contributed by atoms with E-state index in [4.69, 9.17) is 0 Å². The summed E-state index contributed by atoms with van der Waals surface area (Å²) >= 11 is 1.25. The van der Waals surface area contributed by atoms with Gasteiger partial charge in [0.15, 0.2) is 0 Å². The molecule has 0 bridgehead atoms. The van der Waals surface area contributed by atoms with Gasteiger partial charge in [-0.05, 0) is 18.6 Å². The van der Waals surface area contributed by atoms with Crippen molar-refractivity contribution in [1.82, 2.24) is 4.98 Å². The molecule has 0 radical (unpaired) electrons. The highest BCUT2D eigenvalue weighted by Crippen LogP contribution is 2.28. The second-order valence-electron chi connectivity index (χ2n) is 4.73. The van der Waals surface area contributed by atoms with E-state index in [1.165, 1.54) is 18.4 Å². The lowest BCUT2D eigenvalue weighted by molar-refractivity contribution is -0.117. The third kappa shape index (κ3) is 2.67. The Morgan fingerprint density at radius 1 is 1.43 bits per heavy atom. The number of amides is 1. The Morgan fingerprint density at radius 2 is 2.29 bits per heavy atom. The van der Waals surface area contributed by atoms with Crippen LogP contribution in [0.15, 0.2) is 29.6 Å². The molecule has 0 saturated carbocycles. The summed E-state index contributed by atoms with van der Waals surface area (Å²) in [5.74, 6) is -0.280. The fraction of sp³-hybridized carbons (Fsp3) is 0.267. The zero-order valence-electron chi connectivity index (χ0n) is 11.5. The molecule has 1 amide bonds. The van der Waals surface area contributed by atoms with Crippen molar-refractivity contribution in [3.05, 3.63) is 34.7 Å². The van der Waals surface area contributed by atoms with Crippen LogP contribution >= 0.6 is 11.3 Å². The van der Waals surface area contributed by atoms with Gasteiger partial charge in [0.25, 0.3) is 0 Å². The summed E-state index contributed by atoms with van der Waals surface area (Å²) in [5, 5.41) is 2.15. The molecule has 0 N–H and O–H groups in total. The quantitative estimate of drug-likeness (QED) is 0.818. The van der Waals surface area contributed by atoms with Gasteiger partial charge in [-0.15, -0.1) is 11.3 Å². The van der Waals surface area contributed by atoms with E-state index in [-0.39, 0.29) is 5.91 Å². The number of thiazole rings is 1. The van der Waals surface area contributed by atoms with Crippen molar-refractivity contribution in [2.45, 2.75) is 12.8 Å². The third-order valence-electron chi connectivity index (χ3n) is 3.39. The summed E-state index contributed by atoms with van der Waals surface area (Å²) in [6.07, 6.45) is 1.50. The molecule has 1 aliphatic heterocycles. The van der Waals surface area contributed by atoms with Crippen LogP contribution in [-0.4, -0.2) is 30.5 Å². The van der Waals surface area contributed by atoms with Gasteiger partial charge < -0.3 is 9.64 Å². The topological polar surface area (TPSA) is 59.5 Å². The van der Waals surface area contributed by atoms with Crippen molar-refractivity contribution in [3.8, 4) is 11.3 Å². The molecule has 1 aliphatic rings. The second kappa shape index (κ2) is 5.65. The van der Waals surface area contributed by atoms with Crippen LogP contribution < -0.4 is 4.90 Å². The number of anilines is 1. The van der Waals surface area contributed by atoms with Crippen molar-refractivity contribution < 1.29 is 14.3 Å². The van der Waals surface area contributed by atoms with Crippen molar-refractivity contribution in [2.24, 2.45) is 0 Å². The molecular weight excluding hydrogens is 288 g/mol. The Bertz CT molecular complexity index is 696. The first-order chi connectivity index (χ1) is 10.2. The molecule has 2 aromatic rings. The smallest absolute Gasteiger partial charge is 0.367 e. The van der Waals surface area contributed by atoms with Gasteiger partial charge in [-0.3, -0.25) is 4.79 Å². The maximum absolute atomic E-state index is 11.8. The summed E-state index contributed by atoms with van der Waals surface area (Å²) in [6.45, 7) is 0.757. The average Bonchev–Trinajstić information content (AvgIpc) is 3.15. The highest BCUT2D eigenvalue weighted by Gasteiger charge is 2.22. The Morgan fingerprint density at radius 3 is 3.00 bits per heavy atom. The number of ether oxygens (including phenoxy) is 1. The van der Waals surface area contributed by atoms with Gasteiger partial charge in [-0.1, -0.05) is 12.1 Å². The van der Waals surface area contributed by atoms with Crippen LogP contribution in [0.5, 0.6) is 0 Å². The van der Waals surface area contributed by atoms with Crippen LogP contribution in [-0.2, 0) is 9.53 Å². The molecule has 1 aromatic heterocycles. The van der Waals surface area contributed by atoms with Crippen molar-refractivity contribution >= 4 is 28.9 Å². The molecule has 1 fully saturated rings. The third-order valence-corrected chi connectivity index (χ3v) is 4.21. The monoisotopic (exact) mass is 302 g/mol. The summed E-state index contributed by atoms with van der Waals surface area (Å²) in [7, 11) is 1.34. The molecule has 1 saturated heterocycles. The van der Waals surface area contributed by atoms with E-state index < -0.39 is 5.97 Å². The molecule has 3 rings (SSSR count). The normalized spacial score (nSPS) is 14.5. The molecule has 0 unspecified atom stereocenters. The van der Waals surface area contributed by atoms with Crippen LogP contribution in [0, 0.1) is 0 Å². The predicted molar refractivity (Wildman–Crippen MR) is 80.5 cm³/mol. The van der Waals surface area contributed by atoms with E-state index in [0.29, 0.717) is 17.1 Å². The van der Waals surface area contributed by atoms with Gasteiger partial charge in [0.1, 0.15) is 0 Å². The van der Waals surface area contributed by atoms with Gasteiger partial charge in [0, 0.05) is 29.6 Å². The molecule has 5 nitrogen and oxygen atoms in total. The van der Waals surface area contributed by atoms with Crippen molar-refractivity contribution in [1.29, 1.82) is 0 Å². The van der Waals surface area contributed by atoms with Gasteiger partial charge in [-0.2, -0.15) is 0 Å². The highest BCUT2D eigenvalue weighted by molar-refractivity contribution is 7.11. The van der Waals surface area contributed by atoms with E-state index in [1.807, 2.05) is 29.6 Å². The van der Waals surface area contributed by atoms with Crippen LogP contribution in [0.4, 0.5) is 5.69 Å². The molecule has 0 atom stereocenters. The van der Waals surface area contributed by atoms with E-state index >= 15 is 0 Å². The van der Waals surface area contributed by atoms with E-state index in [0.717, 1.165) is 24.2 Å². The zero-order chi connectivity index (χ0) is 14.8. The summed E-state index contributed by atoms with van der Waals surface area (Å²) in [6, 6.07) is 7.66. The van der Waals surface area contributed by atoms with Gasteiger partial charge in [-0.25, -0.2) is 9.78 Å². The first-order valence-corrected chi connectivity index (χ1v) is 7.51. The lowest BCUT2D eigenvalue weighted by Crippen LogP contribution is -2.23. The summed E-state index contributed by atoms with van der Waals surface area (Å²) in [5.41, 5.74) is 2.48. The standard InChI is InChI=1S/C15H14N2O3S/c1-20-15(19)14-16-12(9-21-14)10-4-2-5-11(8-10)17-7-3-6-13(17)18/h2,4-5,8-9H,3,6-7H2,1H3. The van der Waals surface area contributed by atoms with Crippen LogP contribution in [0.3, 0.4) is 0 Å². The fourth-order valence-electron chi connectivity index (χ4n) is 2.34. The number of carbonyl (C=O) groups excluding carboxylic acids is 2. The second-order valence-corrected chi connectivity index (χ2v) is 5.59. The average molecular weight is 302 g/mol. The SMILES string of the molecule is COC(=O)c1nc(-c2cccc(N3CCCC3=O)c2)cs1. The Kier molecular flexibility index (Phi) is 3.70. The molecule has 1 aromatic carbocycles. The van der Waals surface area contributed by atoms with Gasteiger partial charge in [0.05, 0.1) is 12.8 Å². The first-order valence-electron chi connectivity index (χ1n) is 6.63. The minimum absolute atomic E-state index is 0.153. The molecule has 0 aliphatic carbocycles. The molecule has 21 heavy (non-hydrogen) atoms. The Balaban J connectivity index is 1.91. The zero-order valence-corrected chi connectivity index (χ0v) is 12.4. The fourth-order valence-corrected chi connectivity index (χ4v) is 3.08. The van der Waals surface area contributed by atoms with E-state index in [9.17, 15) is 9.59 Å². The number of rotatable bonds is 3. The van der Waals surface area contributed by atoms with Crippen LogP contribution in [0.25, 0.3) is 11.3 Å². The molecular formula is C15H14N2O3S. The van der Waals surface area contributed by atoms with Crippen LogP contribution in [0.2, 0.25) is 0 Å². The summed E-state index contributed by atoms with van der Waals surface area (Å²) < 4.78 is 4.66. The highest BCUT2D eigenvalue weighted by atomic mass is 32.1. The number of hydrogen-bond donors (Lipinski definition) is 0. The number of carbonyl (C=O) groups is 2. The largest absolute Gasteiger partial charge is 0.464 e. The molecule has 0 spiro atoms. The predicted octanol–water partition coefficient (Wildman–Crippen LogP) is 2.72. The number of aromatic nitrogens is 1. The Hall–Kier alpha value is -2.21. The maximum Gasteiger partial charge on any atom is 0.367 e. The molecule has 108 valence electrons. The van der Waals surface area contributed by atoms with Gasteiger partial charge >= 0.3 is 5.97 Å². The summed E-state index contributed by atoms with van der Waals surface area (Å²) in [4.78, 5) is 29.3. The maximum atomic E-state index is 11.8. The number of nitrogens with zero attached hydrogens (tertiary/aromatic N) is 2. The number of methoxy groups -OCH3 is 1. The number of hydrogen-bond acceptors (Lipinski definition) is 5. The van der Waals surface area contributed by atoms with Crippen molar-refractivity contribution in [3.63, 3.8) is 0 Å². The van der Waals surface area contributed by atoms with E-state index in [1.54, 1.807) is 4.90 Å². The molecule has 2 heterocycles. The van der Waals surface area contributed by atoms with E-state index in [2.05, 4.69) is 9.72 Å². The lowest BCUT2D eigenvalue weighted by atomic mass is 10.1. The minimum atomic E-state index is -0.433. The first kappa shape index (κ1) is 13.8. The number of esters is 1. The molecule has 6 heteroatoms. The Labute approximate surface area is 126 Å². The minimum Gasteiger partial charge on any atom is -0.464 e.